The Morgan fingerprint density at radius 1 is 1.17 bits per heavy atom. The molecule has 1 rings (SSSR count). The van der Waals surface area contributed by atoms with Gasteiger partial charge in [0.1, 0.15) is 0 Å². The number of para-hydroxylation sites is 1. The number of benzene rings is 1. The lowest BCUT2D eigenvalue weighted by molar-refractivity contribution is -0.133. The minimum absolute atomic E-state index is 0.0569. The molecule has 0 aliphatic rings. The van der Waals surface area contributed by atoms with E-state index in [2.05, 4.69) is 5.32 Å². The second-order valence-electron chi connectivity index (χ2n) is 4.02. The first-order chi connectivity index (χ1) is 8.47. The van der Waals surface area contributed by atoms with Crippen LogP contribution in [0, 0.1) is 0 Å². The van der Waals surface area contributed by atoms with Crippen molar-refractivity contribution in [3.05, 3.63) is 41.0 Å². The minimum atomic E-state index is -1.08. The van der Waals surface area contributed by atoms with Gasteiger partial charge in [0.2, 0.25) is 0 Å². The molecule has 4 heteroatoms. The topological polar surface area (TPSA) is 66.4 Å². The highest BCUT2D eigenvalue weighted by molar-refractivity contribution is 6.08. The van der Waals surface area contributed by atoms with E-state index in [-0.39, 0.29) is 17.1 Å². The number of carboxylic acid groups (broad SMARTS) is 1. The molecule has 0 unspecified atom stereocenters. The lowest BCUT2D eigenvalue weighted by Gasteiger charge is -2.10. The van der Waals surface area contributed by atoms with Gasteiger partial charge in [0, 0.05) is 16.8 Å². The highest BCUT2D eigenvalue weighted by atomic mass is 16.4. The lowest BCUT2D eigenvalue weighted by Crippen LogP contribution is -2.17. The molecule has 0 spiro atoms. The van der Waals surface area contributed by atoms with Crippen LogP contribution in [-0.4, -0.2) is 17.0 Å². The van der Waals surface area contributed by atoms with Crippen molar-refractivity contribution in [2.45, 2.75) is 27.2 Å². The lowest BCUT2D eigenvalue weighted by atomic mass is 10.1. The predicted octanol–water partition coefficient (Wildman–Crippen LogP) is 2.61. The van der Waals surface area contributed by atoms with E-state index < -0.39 is 5.97 Å². The maximum atomic E-state index is 11.9. The highest BCUT2D eigenvalue weighted by Gasteiger charge is 2.13. The van der Waals surface area contributed by atoms with Gasteiger partial charge in [-0.1, -0.05) is 25.1 Å². The molecule has 0 aliphatic heterocycles. The molecule has 2 N–H and O–H groups in total. The second kappa shape index (κ2) is 6.00. The molecular weight excluding hydrogens is 230 g/mol. The third-order valence-corrected chi connectivity index (χ3v) is 2.87. The molecule has 0 radical (unpaired) electrons. The number of anilines is 1. The molecule has 0 atom stereocenters. The molecule has 0 fully saturated rings. The number of nitrogens with one attached hydrogen (secondary N) is 1. The normalized spacial score (nSPS) is 11.7. The number of carbonyl (C=O) groups excluding carboxylic acids is 1. The fourth-order valence-electron chi connectivity index (χ4n) is 1.50. The summed E-state index contributed by atoms with van der Waals surface area (Å²) in [5.74, 6) is -1.46. The molecule has 1 aromatic rings. The Labute approximate surface area is 106 Å². The first-order valence-electron chi connectivity index (χ1n) is 5.77. The second-order valence-corrected chi connectivity index (χ2v) is 4.02. The van der Waals surface area contributed by atoms with Gasteiger partial charge in [0.05, 0.1) is 0 Å². The van der Waals surface area contributed by atoms with Crippen LogP contribution >= 0.6 is 0 Å². The Hall–Kier alpha value is -2.10. The molecule has 0 bridgehead atoms. The van der Waals surface area contributed by atoms with E-state index >= 15 is 0 Å². The van der Waals surface area contributed by atoms with Gasteiger partial charge in [-0.25, -0.2) is 4.79 Å². The molecule has 0 saturated carbocycles. The number of amides is 1. The average Bonchev–Trinajstić information content (AvgIpc) is 2.37. The summed E-state index contributed by atoms with van der Waals surface area (Å²) >= 11 is 0. The number of carbonyl (C=O) groups is 2. The fourth-order valence-corrected chi connectivity index (χ4v) is 1.50. The summed E-state index contributed by atoms with van der Waals surface area (Å²) in [6.07, 6.45) is 0.803. The zero-order valence-corrected chi connectivity index (χ0v) is 10.8. The monoisotopic (exact) mass is 247 g/mol. The van der Waals surface area contributed by atoms with Crippen LogP contribution in [0.4, 0.5) is 5.69 Å². The Morgan fingerprint density at radius 3 is 2.33 bits per heavy atom. The number of carboxylic acids is 1. The first-order valence-corrected chi connectivity index (χ1v) is 5.77. The number of hydrogen-bond donors (Lipinski definition) is 2. The SMILES string of the molecule is CCc1ccccc1NC(=O)/C(C)=C(\C)C(=O)O. The summed E-state index contributed by atoms with van der Waals surface area (Å²) in [6, 6.07) is 7.47. The molecular formula is C14H17NO3. The van der Waals surface area contributed by atoms with Gasteiger partial charge in [-0.2, -0.15) is 0 Å². The molecule has 0 heterocycles. The molecule has 0 saturated heterocycles. The predicted molar refractivity (Wildman–Crippen MR) is 70.5 cm³/mol. The largest absolute Gasteiger partial charge is 0.478 e. The van der Waals surface area contributed by atoms with Crippen molar-refractivity contribution in [1.82, 2.24) is 0 Å². The zero-order valence-electron chi connectivity index (χ0n) is 10.8. The Bertz CT molecular complexity index is 504. The Balaban J connectivity index is 2.95. The van der Waals surface area contributed by atoms with Crippen molar-refractivity contribution in [2.24, 2.45) is 0 Å². The summed E-state index contributed by atoms with van der Waals surface area (Å²) in [5, 5.41) is 11.6. The number of rotatable bonds is 4. The minimum Gasteiger partial charge on any atom is -0.478 e. The van der Waals surface area contributed by atoms with Crippen LogP contribution in [-0.2, 0) is 16.0 Å². The van der Waals surface area contributed by atoms with E-state index in [4.69, 9.17) is 5.11 Å². The van der Waals surface area contributed by atoms with E-state index in [0.29, 0.717) is 0 Å². The van der Waals surface area contributed by atoms with Crippen LogP contribution in [0.25, 0.3) is 0 Å². The summed E-state index contributed by atoms with van der Waals surface area (Å²) in [6.45, 7) is 4.92. The molecule has 0 aliphatic carbocycles. The van der Waals surface area contributed by atoms with Gasteiger partial charge >= 0.3 is 5.97 Å². The molecule has 18 heavy (non-hydrogen) atoms. The third-order valence-electron chi connectivity index (χ3n) is 2.87. The Kier molecular flexibility index (Phi) is 4.66. The van der Waals surface area contributed by atoms with Crippen molar-refractivity contribution in [3.8, 4) is 0 Å². The van der Waals surface area contributed by atoms with E-state index in [0.717, 1.165) is 17.7 Å². The standard InChI is InChI=1S/C14H17NO3/c1-4-11-7-5-6-8-12(11)15-13(16)9(2)10(3)14(17)18/h5-8H,4H2,1-3H3,(H,15,16)(H,17,18)/b10-9+. The molecule has 0 aromatic heterocycles. The highest BCUT2D eigenvalue weighted by Crippen LogP contribution is 2.17. The first kappa shape index (κ1) is 14.0. The fraction of sp³-hybridized carbons (Fsp3) is 0.286. The smallest absolute Gasteiger partial charge is 0.331 e. The van der Waals surface area contributed by atoms with Crippen molar-refractivity contribution in [1.29, 1.82) is 0 Å². The summed E-state index contributed by atoms with van der Waals surface area (Å²) in [4.78, 5) is 22.7. The van der Waals surface area contributed by atoms with Crippen molar-refractivity contribution in [2.75, 3.05) is 5.32 Å². The molecule has 1 aromatic carbocycles. The molecule has 1 amide bonds. The van der Waals surface area contributed by atoms with Crippen LogP contribution in [0.5, 0.6) is 0 Å². The van der Waals surface area contributed by atoms with Crippen LogP contribution in [0.15, 0.2) is 35.4 Å². The maximum absolute atomic E-state index is 11.9. The Morgan fingerprint density at radius 2 is 1.78 bits per heavy atom. The van der Waals surface area contributed by atoms with E-state index in [1.807, 2.05) is 25.1 Å². The summed E-state index contributed by atoms with van der Waals surface area (Å²) in [7, 11) is 0. The van der Waals surface area contributed by atoms with Gasteiger partial charge in [-0.3, -0.25) is 4.79 Å². The van der Waals surface area contributed by atoms with Crippen LogP contribution in [0.1, 0.15) is 26.3 Å². The van der Waals surface area contributed by atoms with Gasteiger partial charge < -0.3 is 10.4 Å². The van der Waals surface area contributed by atoms with Crippen molar-refractivity contribution >= 4 is 17.6 Å². The van der Waals surface area contributed by atoms with Crippen LogP contribution in [0.3, 0.4) is 0 Å². The van der Waals surface area contributed by atoms with Gasteiger partial charge in [0.15, 0.2) is 0 Å². The molecule has 4 nitrogen and oxygen atoms in total. The van der Waals surface area contributed by atoms with Gasteiger partial charge in [-0.05, 0) is 31.9 Å². The van der Waals surface area contributed by atoms with Crippen LogP contribution in [0.2, 0.25) is 0 Å². The van der Waals surface area contributed by atoms with Gasteiger partial charge in [0.25, 0.3) is 5.91 Å². The summed E-state index contributed by atoms with van der Waals surface area (Å²) < 4.78 is 0. The zero-order chi connectivity index (χ0) is 13.7. The van der Waals surface area contributed by atoms with E-state index in [1.165, 1.54) is 13.8 Å². The third kappa shape index (κ3) is 3.20. The van der Waals surface area contributed by atoms with E-state index in [1.54, 1.807) is 6.07 Å². The van der Waals surface area contributed by atoms with Crippen molar-refractivity contribution in [3.63, 3.8) is 0 Å². The van der Waals surface area contributed by atoms with E-state index in [9.17, 15) is 9.59 Å². The maximum Gasteiger partial charge on any atom is 0.331 e. The van der Waals surface area contributed by atoms with Crippen molar-refractivity contribution < 1.29 is 14.7 Å². The number of aryl methyl sites for hydroxylation is 1. The van der Waals surface area contributed by atoms with Gasteiger partial charge in [-0.15, -0.1) is 0 Å². The average molecular weight is 247 g/mol. The molecule has 96 valence electrons. The van der Waals surface area contributed by atoms with Crippen LogP contribution < -0.4 is 5.32 Å². The number of hydrogen-bond acceptors (Lipinski definition) is 2. The quantitative estimate of drug-likeness (QED) is 0.804. The number of aliphatic carboxylic acids is 1. The summed E-state index contributed by atoms with van der Waals surface area (Å²) in [5.41, 5.74) is 2.02.